The number of nitrogens with one attached hydrogen (secondary N) is 2. The lowest BCUT2D eigenvalue weighted by Gasteiger charge is -2.36. The van der Waals surface area contributed by atoms with E-state index >= 15 is 0 Å². The van der Waals surface area contributed by atoms with Crippen molar-refractivity contribution in [1.29, 1.82) is 0 Å². The average molecular weight is 374 g/mol. The Balaban J connectivity index is 1.30. The van der Waals surface area contributed by atoms with Crippen LogP contribution in [-0.4, -0.2) is 50.2 Å². The van der Waals surface area contributed by atoms with Crippen LogP contribution >= 0.6 is 0 Å². The largest absolute Gasteiger partial charge is 0.369 e. The molecule has 2 N–H and O–H groups in total. The molecular weight excluding hydrogens is 350 g/mol. The maximum absolute atomic E-state index is 13.0. The summed E-state index contributed by atoms with van der Waals surface area (Å²) in [5.74, 6) is -0.547. The molecule has 1 aliphatic heterocycles. The van der Waals surface area contributed by atoms with Crippen molar-refractivity contribution in [2.45, 2.75) is 6.42 Å². The molecule has 2 aromatic carbocycles. The van der Waals surface area contributed by atoms with Crippen molar-refractivity contribution in [2.24, 2.45) is 0 Å². The van der Waals surface area contributed by atoms with Crippen LogP contribution < -0.4 is 15.5 Å². The quantitative estimate of drug-likeness (QED) is 0.763. The zero-order valence-electron chi connectivity index (χ0n) is 15.1. The molecule has 0 aromatic heterocycles. The van der Waals surface area contributed by atoms with Gasteiger partial charge in [0.25, 0.3) is 0 Å². The second-order valence-corrected chi connectivity index (χ2v) is 6.55. The van der Waals surface area contributed by atoms with E-state index < -0.39 is 0 Å². The van der Waals surface area contributed by atoms with Crippen LogP contribution in [-0.2, 0) is 0 Å². The number of piperazine rings is 1. The van der Waals surface area contributed by atoms with E-state index in [1.807, 2.05) is 12.1 Å². The lowest BCUT2D eigenvalue weighted by atomic mass is 10.2. The number of amides is 2. The van der Waals surface area contributed by atoms with Gasteiger partial charge < -0.3 is 15.5 Å². The van der Waals surface area contributed by atoms with Gasteiger partial charge >= 0.3 is 6.03 Å². The molecule has 7 heteroatoms. The molecule has 27 heavy (non-hydrogen) atoms. The summed E-state index contributed by atoms with van der Waals surface area (Å²) < 4.78 is 25.8. The van der Waals surface area contributed by atoms with Crippen molar-refractivity contribution in [3.63, 3.8) is 0 Å². The maximum Gasteiger partial charge on any atom is 0.319 e. The highest BCUT2D eigenvalue weighted by molar-refractivity contribution is 5.89. The molecule has 0 radical (unpaired) electrons. The van der Waals surface area contributed by atoms with Gasteiger partial charge in [-0.25, -0.2) is 13.6 Å². The fourth-order valence-electron chi connectivity index (χ4n) is 3.09. The average Bonchev–Trinajstić information content (AvgIpc) is 2.68. The number of urea groups is 1. The lowest BCUT2D eigenvalue weighted by Crippen LogP contribution is -2.47. The lowest BCUT2D eigenvalue weighted by molar-refractivity contribution is 0.244. The number of rotatable bonds is 6. The standard InChI is InChI=1S/C20H24F2N4O/c21-16-2-6-18(7-3-16)24-20(27)23-10-1-11-25-12-14-26(15-13-25)19-8-4-17(22)5-9-19/h2-9H,1,10-15H2,(H2,23,24,27). The Labute approximate surface area is 158 Å². The van der Waals surface area contributed by atoms with Gasteiger partial charge in [0.2, 0.25) is 0 Å². The van der Waals surface area contributed by atoms with Gasteiger partial charge in [0.1, 0.15) is 11.6 Å². The predicted octanol–water partition coefficient (Wildman–Crippen LogP) is 3.30. The summed E-state index contributed by atoms with van der Waals surface area (Å²) in [4.78, 5) is 16.4. The summed E-state index contributed by atoms with van der Waals surface area (Å²) in [6.45, 7) is 5.19. The zero-order valence-corrected chi connectivity index (χ0v) is 15.1. The van der Waals surface area contributed by atoms with Gasteiger partial charge in [0.15, 0.2) is 0 Å². The molecule has 2 amide bonds. The van der Waals surface area contributed by atoms with Gasteiger partial charge in [-0.2, -0.15) is 0 Å². The number of halogens is 2. The van der Waals surface area contributed by atoms with Crippen molar-refractivity contribution in [2.75, 3.05) is 49.5 Å². The van der Waals surface area contributed by atoms with Crippen LogP contribution in [0.25, 0.3) is 0 Å². The molecule has 0 unspecified atom stereocenters. The summed E-state index contributed by atoms with van der Waals surface area (Å²) in [5.41, 5.74) is 1.61. The highest BCUT2D eigenvalue weighted by Gasteiger charge is 2.16. The minimum atomic E-state index is -0.333. The van der Waals surface area contributed by atoms with E-state index in [9.17, 15) is 13.6 Å². The van der Waals surface area contributed by atoms with Crippen LogP contribution in [0.5, 0.6) is 0 Å². The van der Waals surface area contributed by atoms with Gasteiger partial charge in [-0.05, 0) is 61.5 Å². The third-order valence-corrected chi connectivity index (χ3v) is 4.60. The van der Waals surface area contributed by atoms with Crippen molar-refractivity contribution in [3.8, 4) is 0 Å². The Hall–Kier alpha value is -2.67. The first-order valence-electron chi connectivity index (χ1n) is 9.13. The molecule has 1 saturated heterocycles. The Kier molecular flexibility index (Phi) is 6.59. The second kappa shape index (κ2) is 9.32. The van der Waals surface area contributed by atoms with E-state index in [1.165, 1.54) is 36.4 Å². The van der Waals surface area contributed by atoms with E-state index in [-0.39, 0.29) is 17.7 Å². The van der Waals surface area contributed by atoms with Crippen LogP contribution in [0.3, 0.4) is 0 Å². The molecule has 0 aliphatic carbocycles. The van der Waals surface area contributed by atoms with Gasteiger partial charge in [-0.15, -0.1) is 0 Å². The van der Waals surface area contributed by atoms with E-state index in [4.69, 9.17) is 0 Å². The molecule has 0 atom stereocenters. The summed E-state index contributed by atoms with van der Waals surface area (Å²) in [5, 5.41) is 5.48. The minimum Gasteiger partial charge on any atom is -0.369 e. The Morgan fingerprint density at radius 2 is 1.48 bits per heavy atom. The molecule has 1 aliphatic rings. The van der Waals surface area contributed by atoms with E-state index in [1.54, 1.807) is 0 Å². The molecule has 144 valence electrons. The second-order valence-electron chi connectivity index (χ2n) is 6.55. The number of hydrogen-bond donors (Lipinski definition) is 2. The van der Waals surface area contributed by atoms with Crippen LogP contribution in [0.2, 0.25) is 0 Å². The van der Waals surface area contributed by atoms with Crippen molar-refractivity contribution in [1.82, 2.24) is 10.2 Å². The molecule has 0 spiro atoms. The topological polar surface area (TPSA) is 47.6 Å². The van der Waals surface area contributed by atoms with Gasteiger partial charge in [-0.1, -0.05) is 0 Å². The highest BCUT2D eigenvalue weighted by Crippen LogP contribution is 2.16. The fraction of sp³-hybridized carbons (Fsp3) is 0.350. The third kappa shape index (κ3) is 5.92. The Morgan fingerprint density at radius 1 is 0.889 bits per heavy atom. The zero-order chi connectivity index (χ0) is 19.1. The highest BCUT2D eigenvalue weighted by atomic mass is 19.1. The van der Waals surface area contributed by atoms with E-state index in [0.717, 1.165) is 44.8 Å². The maximum atomic E-state index is 13.0. The van der Waals surface area contributed by atoms with Crippen molar-refractivity contribution in [3.05, 3.63) is 60.2 Å². The van der Waals surface area contributed by atoms with Crippen LogP contribution in [0.4, 0.5) is 25.0 Å². The summed E-state index contributed by atoms with van der Waals surface area (Å²) in [6.07, 6.45) is 0.855. The van der Waals surface area contributed by atoms with Crippen LogP contribution in [0, 0.1) is 11.6 Å². The number of nitrogens with zero attached hydrogens (tertiary/aromatic N) is 2. The minimum absolute atomic E-state index is 0.214. The summed E-state index contributed by atoms with van der Waals surface area (Å²) in [6, 6.07) is 12.0. The van der Waals surface area contributed by atoms with E-state index in [2.05, 4.69) is 20.4 Å². The molecule has 3 rings (SSSR count). The number of anilines is 2. The molecule has 0 saturated carbocycles. The normalized spacial score (nSPS) is 14.8. The first-order valence-corrected chi connectivity index (χ1v) is 9.13. The first kappa shape index (κ1) is 19.1. The SMILES string of the molecule is O=C(NCCCN1CCN(c2ccc(F)cc2)CC1)Nc1ccc(F)cc1. The number of carbonyl (C=O) groups is 1. The Morgan fingerprint density at radius 3 is 2.11 bits per heavy atom. The monoisotopic (exact) mass is 374 g/mol. The molecule has 0 bridgehead atoms. The molecular formula is C20H24F2N4O. The molecule has 1 heterocycles. The smallest absolute Gasteiger partial charge is 0.319 e. The molecule has 5 nitrogen and oxygen atoms in total. The van der Waals surface area contributed by atoms with Crippen LogP contribution in [0.15, 0.2) is 48.5 Å². The van der Waals surface area contributed by atoms with Gasteiger partial charge in [0, 0.05) is 44.1 Å². The van der Waals surface area contributed by atoms with Crippen molar-refractivity contribution < 1.29 is 13.6 Å². The van der Waals surface area contributed by atoms with Gasteiger partial charge in [0.05, 0.1) is 0 Å². The summed E-state index contributed by atoms with van der Waals surface area (Å²) in [7, 11) is 0. The Bertz CT molecular complexity index is 729. The van der Waals surface area contributed by atoms with E-state index in [0.29, 0.717) is 12.2 Å². The predicted molar refractivity (Wildman–Crippen MR) is 103 cm³/mol. The van der Waals surface area contributed by atoms with Gasteiger partial charge in [-0.3, -0.25) is 4.90 Å². The third-order valence-electron chi connectivity index (χ3n) is 4.60. The van der Waals surface area contributed by atoms with Crippen LogP contribution in [0.1, 0.15) is 6.42 Å². The molecule has 1 fully saturated rings. The number of hydrogen-bond acceptors (Lipinski definition) is 3. The van der Waals surface area contributed by atoms with Crippen molar-refractivity contribution >= 4 is 17.4 Å². The molecule has 2 aromatic rings. The fourth-order valence-corrected chi connectivity index (χ4v) is 3.09. The number of benzene rings is 2. The first-order chi connectivity index (χ1) is 13.1. The number of carbonyl (C=O) groups excluding carboxylic acids is 1. The summed E-state index contributed by atoms with van der Waals surface area (Å²) >= 11 is 0.